The quantitative estimate of drug-likeness (QED) is 0.689. The highest BCUT2D eigenvalue weighted by Crippen LogP contribution is 2.10. The average molecular weight is 171 g/mol. The Hall–Kier alpha value is -1.03. The van der Waals surface area contributed by atoms with Crippen LogP contribution in [0.1, 0.15) is 31.3 Å². The highest BCUT2D eigenvalue weighted by atomic mass is 16.6. The van der Waals surface area contributed by atoms with Gasteiger partial charge in [0.1, 0.15) is 6.61 Å². The van der Waals surface area contributed by atoms with Gasteiger partial charge < -0.3 is 8.83 Å². The van der Waals surface area contributed by atoms with E-state index >= 15 is 0 Å². The Bertz CT molecular complexity index is 283. The Kier molecular flexibility index (Phi) is 3.10. The van der Waals surface area contributed by atoms with Crippen molar-refractivity contribution in [3.8, 4) is 0 Å². The van der Waals surface area contributed by atoms with Gasteiger partial charge >= 0.3 is 5.82 Å². The first-order valence-electron chi connectivity index (χ1n) is 3.97. The molecule has 0 saturated heterocycles. The summed E-state index contributed by atoms with van der Waals surface area (Å²) in [5.74, 6) is -0.211. The molecule has 4 heteroatoms. The van der Waals surface area contributed by atoms with Crippen molar-refractivity contribution in [2.75, 3.05) is 0 Å². The van der Waals surface area contributed by atoms with E-state index in [1.165, 1.54) is 0 Å². The second-order valence-corrected chi connectivity index (χ2v) is 2.55. The average Bonchev–Trinajstić information content (AvgIpc) is 2.42. The van der Waals surface area contributed by atoms with Gasteiger partial charge in [-0.2, -0.15) is 0 Å². The van der Waals surface area contributed by atoms with E-state index in [1.807, 2.05) is 6.92 Å². The van der Waals surface area contributed by atoms with E-state index in [0.717, 1.165) is 12.8 Å². The summed E-state index contributed by atoms with van der Waals surface area (Å²) in [5.41, 5.74) is 0. The standard InChI is InChI=1S/C8H11O4/c1-2-3-4-6-7(5-9)12-8(10)11-6/h2-5H2,1H3. The van der Waals surface area contributed by atoms with E-state index in [4.69, 9.17) is 0 Å². The van der Waals surface area contributed by atoms with E-state index in [9.17, 15) is 9.90 Å². The van der Waals surface area contributed by atoms with Gasteiger partial charge in [0, 0.05) is 6.42 Å². The Morgan fingerprint density at radius 2 is 1.92 bits per heavy atom. The van der Waals surface area contributed by atoms with Crippen LogP contribution in [-0.4, -0.2) is 0 Å². The van der Waals surface area contributed by atoms with Gasteiger partial charge in [-0.05, 0) is 6.42 Å². The normalized spacial score (nSPS) is 10.5. The molecule has 67 valence electrons. The predicted octanol–water partition coefficient (Wildman–Crippen LogP) is 1.51. The summed E-state index contributed by atoms with van der Waals surface area (Å²) in [6.45, 7) is 1.50. The predicted molar refractivity (Wildman–Crippen MR) is 40.2 cm³/mol. The minimum absolute atomic E-state index is 0.147. The zero-order valence-electron chi connectivity index (χ0n) is 6.96. The van der Waals surface area contributed by atoms with E-state index in [2.05, 4.69) is 8.83 Å². The third kappa shape index (κ3) is 1.98. The summed E-state index contributed by atoms with van der Waals surface area (Å²) < 4.78 is 9.21. The van der Waals surface area contributed by atoms with Crippen LogP contribution in [0.5, 0.6) is 0 Å². The fourth-order valence-corrected chi connectivity index (χ4v) is 0.974. The molecule has 0 spiro atoms. The molecular weight excluding hydrogens is 160 g/mol. The van der Waals surface area contributed by atoms with Crippen LogP contribution in [0.25, 0.3) is 0 Å². The van der Waals surface area contributed by atoms with Crippen LogP contribution in [-0.2, 0) is 18.1 Å². The number of aryl methyl sites for hydroxylation is 1. The van der Waals surface area contributed by atoms with Gasteiger partial charge in [-0.15, -0.1) is 0 Å². The lowest BCUT2D eigenvalue weighted by molar-refractivity contribution is 0.152. The molecule has 0 aromatic carbocycles. The van der Waals surface area contributed by atoms with Gasteiger partial charge in [0.05, 0.1) is 0 Å². The van der Waals surface area contributed by atoms with Crippen molar-refractivity contribution in [1.82, 2.24) is 0 Å². The van der Waals surface area contributed by atoms with Crippen LogP contribution >= 0.6 is 0 Å². The molecule has 0 aliphatic carbocycles. The maximum Gasteiger partial charge on any atom is 0.519 e. The molecule has 1 aromatic heterocycles. The van der Waals surface area contributed by atoms with Crippen molar-refractivity contribution in [1.29, 1.82) is 0 Å². The molecule has 0 aliphatic heterocycles. The number of unbranched alkanes of at least 4 members (excludes halogenated alkanes) is 1. The molecule has 4 nitrogen and oxygen atoms in total. The molecule has 0 amide bonds. The first-order chi connectivity index (χ1) is 5.77. The molecule has 12 heavy (non-hydrogen) atoms. The first-order valence-corrected chi connectivity index (χ1v) is 3.97. The van der Waals surface area contributed by atoms with Crippen molar-refractivity contribution in [2.24, 2.45) is 0 Å². The zero-order chi connectivity index (χ0) is 8.97. The second-order valence-electron chi connectivity index (χ2n) is 2.55. The maximum atomic E-state index is 10.6. The zero-order valence-corrected chi connectivity index (χ0v) is 6.96. The van der Waals surface area contributed by atoms with Crippen molar-refractivity contribution in [3.05, 3.63) is 22.1 Å². The third-order valence-electron chi connectivity index (χ3n) is 1.61. The maximum absolute atomic E-state index is 10.6. The molecule has 0 unspecified atom stereocenters. The smallest absolute Gasteiger partial charge is 0.396 e. The fraction of sp³-hybridized carbons (Fsp3) is 0.625. The van der Waals surface area contributed by atoms with Crippen LogP contribution in [0.4, 0.5) is 0 Å². The van der Waals surface area contributed by atoms with Crippen LogP contribution in [0.2, 0.25) is 0 Å². The van der Waals surface area contributed by atoms with Crippen LogP contribution in [0.3, 0.4) is 0 Å². The SMILES string of the molecule is CCCCc1oc(=O)oc1C[O]. The second kappa shape index (κ2) is 4.11. The van der Waals surface area contributed by atoms with Gasteiger partial charge in [0.2, 0.25) is 0 Å². The summed E-state index contributed by atoms with van der Waals surface area (Å²) in [7, 11) is 0. The number of rotatable bonds is 4. The van der Waals surface area contributed by atoms with Gasteiger partial charge in [-0.1, -0.05) is 13.3 Å². The van der Waals surface area contributed by atoms with Crippen molar-refractivity contribution in [2.45, 2.75) is 32.8 Å². The fourth-order valence-electron chi connectivity index (χ4n) is 0.974. The van der Waals surface area contributed by atoms with Gasteiger partial charge in [-0.3, -0.25) is 0 Å². The number of hydrogen-bond acceptors (Lipinski definition) is 3. The van der Waals surface area contributed by atoms with E-state index in [-0.39, 0.29) is 5.76 Å². The van der Waals surface area contributed by atoms with E-state index in [0.29, 0.717) is 12.2 Å². The minimum atomic E-state index is -0.771. The van der Waals surface area contributed by atoms with Crippen LogP contribution < -0.4 is 5.82 Å². The molecule has 1 aromatic rings. The summed E-state index contributed by atoms with van der Waals surface area (Å²) in [6, 6.07) is 0. The molecule has 1 radical (unpaired) electrons. The molecule has 0 N–H and O–H groups in total. The Labute approximate surface area is 69.8 Å². The lowest BCUT2D eigenvalue weighted by Gasteiger charge is -1.92. The van der Waals surface area contributed by atoms with Gasteiger partial charge in [0.25, 0.3) is 0 Å². The van der Waals surface area contributed by atoms with Gasteiger partial charge in [-0.25, -0.2) is 9.90 Å². The lowest BCUT2D eigenvalue weighted by Crippen LogP contribution is -1.88. The highest BCUT2D eigenvalue weighted by molar-refractivity contribution is 5.01. The Morgan fingerprint density at radius 3 is 2.50 bits per heavy atom. The largest absolute Gasteiger partial charge is 0.519 e. The Balaban J connectivity index is 2.75. The first kappa shape index (κ1) is 9.06. The summed E-state index contributed by atoms with van der Waals surface area (Å²) in [5, 5.41) is 10.4. The topological polar surface area (TPSA) is 63.2 Å². The highest BCUT2D eigenvalue weighted by Gasteiger charge is 2.10. The summed E-state index contributed by atoms with van der Waals surface area (Å²) in [6.07, 6.45) is 2.50. The monoisotopic (exact) mass is 171 g/mol. The molecule has 0 bridgehead atoms. The van der Waals surface area contributed by atoms with Crippen molar-refractivity contribution < 1.29 is 13.9 Å². The van der Waals surface area contributed by atoms with Crippen LogP contribution in [0, 0.1) is 0 Å². The Morgan fingerprint density at radius 1 is 1.25 bits per heavy atom. The van der Waals surface area contributed by atoms with Crippen LogP contribution in [0.15, 0.2) is 13.6 Å². The van der Waals surface area contributed by atoms with E-state index < -0.39 is 12.4 Å². The van der Waals surface area contributed by atoms with Crippen molar-refractivity contribution in [3.63, 3.8) is 0 Å². The summed E-state index contributed by atoms with van der Waals surface area (Å²) >= 11 is 0. The molecule has 1 heterocycles. The minimum Gasteiger partial charge on any atom is -0.396 e. The third-order valence-corrected chi connectivity index (χ3v) is 1.61. The molecule has 1 rings (SSSR count). The van der Waals surface area contributed by atoms with E-state index in [1.54, 1.807) is 0 Å². The molecular formula is C8H11O4. The molecule has 0 aliphatic rings. The summed E-state index contributed by atoms with van der Waals surface area (Å²) in [4.78, 5) is 10.6. The lowest BCUT2D eigenvalue weighted by atomic mass is 10.2. The number of hydrogen-bond donors (Lipinski definition) is 0. The molecule has 0 fully saturated rings. The van der Waals surface area contributed by atoms with Crippen molar-refractivity contribution >= 4 is 0 Å². The molecule has 0 atom stereocenters. The van der Waals surface area contributed by atoms with Gasteiger partial charge in [0.15, 0.2) is 11.5 Å². The molecule has 0 saturated carbocycles.